The normalized spacial score (nSPS) is 20.0. The van der Waals surface area contributed by atoms with Crippen LogP contribution >= 0.6 is 11.3 Å². The Morgan fingerprint density at radius 2 is 2.18 bits per heavy atom. The lowest BCUT2D eigenvalue weighted by Gasteiger charge is -1.99. The number of aromatic amines is 1. The summed E-state index contributed by atoms with van der Waals surface area (Å²) in [5, 5.41) is 2.99. The summed E-state index contributed by atoms with van der Waals surface area (Å²) in [6.45, 7) is 0. The van der Waals surface area contributed by atoms with Gasteiger partial charge in [0.15, 0.2) is 0 Å². The zero-order chi connectivity index (χ0) is 11.4. The van der Waals surface area contributed by atoms with Gasteiger partial charge in [-0.3, -0.25) is 4.79 Å². The van der Waals surface area contributed by atoms with Crippen LogP contribution in [-0.2, 0) is 6.42 Å². The maximum Gasteiger partial charge on any atom is 0.259 e. The Morgan fingerprint density at radius 1 is 1.35 bits per heavy atom. The molecule has 2 heterocycles. The summed E-state index contributed by atoms with van der Waals surface area (Å²) in [4.78, 5) is 20.6. The highest BCUT2D eigenvalue weighted by molar-refractivity contribution is 7.16. The molecule has 0 aromatic carbocycles. The molecule has 0 amide bonds. The van der Waals surface area contributed by atoms with Crippen LogP contribution in [0.3, 0.4) is 0 Å². The van der Waals surface area contributed by atoms with Gasteiger partial charge in [-0.25, -0.2) is 4.98 Å². The van der Waals surface area contributed by atoms with Crippen molar-refractivity contribution in [3.05, 3.63) is 27.1 Å². The fraction of sp³-hybridized carbons (Fsp3) is 0.538. The van der Waals surface area contributed by atoms with Crippen LogP contribution in [0.15, 0.2) is 10.2 Å². The van der Waals surface area contributed by atoms with Crippen LogP contribution < -0.4 is 5.56 Å². The Balaban J connectivity index is 1.84. The summed E-state index contributed by atoms with van der Waals surface area (Å²) in [7, 11) is 0. The van der Waals surface area contributed by atoms with Crippen molar-refractivity contribution >= 4 is 21.6 Å². The fourth-order valence-electron chi connectivity index (χ4n) is 2.40. The molecule has 17 heavy (non-hydrogen) atoms. The average molecular weight is 246 g/mol. The lowest BCUT2D eigenvalue weighted by atomic mass is 10.1. The van der Waals surface area contributed by atoms with E-state index in [1.54, 1.807) is 11.3 Å². The highest BCUT2D eigenvalue weighted by Gasteiger charge is 2.28. The quantitative estimate of drug-likeness (QED) is 0.905. The Morgan fingerprint density at radius 3 is 2.88 bits per heavy atom. The SMILES string of the molecule is O=c1[nH]c(CC2CC2)nc2scc(C3CC3)c12. The van der Waals surface area contributed by atoms with Crippen molar-refractivity contribution in [2.24, 2.45) is 5.92 Å². The number of thiophene rings is 1. The number of rotatable bonds is 3. The van der Waals surface area contributed by atoms with Gasteiger partial charge in [0.05, 0.1) is 5.39 Å². The Kier molecular flexibility index (Phi) is 1.98. The lowest BCUT2D eigenvalue weighted by Crippen LogP contribution is -2.12. The molecule has 0 aliphatic heterocycles. The smallest absolute Gasteiger partial charge is 0.259 e. The number of nitrogens with zero attached hydrogens (tertiary/aromatic N) is 1. The maximum absolute atomic E-state index is 12.1. The van der Waals surface area contributed by atoms with Crippen molar-refractivity contribution in [2.75, 3.05) is 0 Å². The zero-order valence-electron chi connectivity index (χ0n) is 9.53. The van der Waals surface area contributed by atoms with Crippen LogP contribution in [0.4, 0.5) is 0 Å². The van der Waals surface area contributed by atoms with Gasteiger partial charge in [0.25, 0.3) is 5.56 Å². The average Bonchev–Trinajstić information content (AvgIpc) is 3.19. The van der Waals surface area contributed by atoms with Crippen molar-refractivity contribution in [3.63, 3.8) is 0 Å². The predicted octanol–water partition coefficient (Wildman–Crippen LogP) is 2.81. The molecule has 2 fully saturated rings. The van der Waals surface area contributed by atoms with Crippen LogP contribution in [0, 0.1) is 5.92 Å². The van der Waals surface area contributed by atoms with E-state index in [1.807, 2.05) is 0 Å². The van der Waals surface area contributed by atoms with Crippen molar-refractivity contribution in [1.29, 1.82) is 0 Å². The number of nitrogens with one attached hydrogen (secondary N) is 1. The molecule has 0 atom stereocenters. The first-order valence-corrected chi connectivity index (χ1v) is 7.19. The van der Waals surface area contributed by atoms with Gasteiger partial charge in [0, 0.05) is 6.42 Å². The molecule has 88 valence electrons. The molecule has 3 nitrogen and oxygen atoms in total. The second kappa shape index (κ2) is 3.42. The highest BCUT2D eigenvalue weighted by atomic mass is 32.1. The molecule has 4 heteroatoms. The Bertz CT molecular complexity index is 634. The van der Waals surface area contributed by atoms with Crippen molar-refractivity contribution < 1.29 is 0 Å². The molecule has 2 saturated carbocycles. The number of H-pyrrole nitrogens is 1. The molecule has 2 aromatic rings. The third kappa shape index (κ3) is 1.71. The zero-order valence-corrected chi connectivity index (χ0v) is 10.3. The van der Waals surface area contributed by atoms with Crippen LogP contribution in [0.1, 0.15) is 43.0 Å². The molecular weight excluding hydrogens is 232 g/mol. The van der Waals surface area contributed by atoms with Gasteiger partial charge in [-0.1, -0.05) is 0 Å². The summed E-state index contributed by atoms with van der Waals surface area (Å²) >= 11 is 1.63. The van der Waals surface area contributed by atoms with E-state index in [0.29, 0.717) is 5.92 Å². The van der Waals surface area contributed by atoms with E-state index >= 15 is 0 Å². The van der Waals surface area contributed by atoms with Crippen molar-refractivity contribution in [3.8, 4) is 0 Å². The van der Waals surface area contributed by atoms with Gasteiger partial charge in [-0.15, -0.1) is 11.3 Å². The van der Waals surface area contributed by atoms with E-state index in [0.717, 1.165) is 28.4 Å². The van der Waals surface area contributed by atoms with Gasteiger partial charge < -0.3 is 4.98 Å². The first-order valence-electron chi connectivity index (χ1n) is 6.31. The molecule has 0 unspecified atom stereocenters. The fourth-order valence-corrected chi connectivity index (χ4v) is 3.44. The molecule has 1 N–H and O–H groups in total. The summed E-state index contributed by atoms with van der Waals surface area (Å²) in [6.07, 6.45) is 5.99. The van der Waals surface area contributed by atoms with Crippen molar-refractivity contribution in [2.45, 2.75) is 38.0 Å². The van der Waals surface area contributed by atoms with Gasteiger partial charge in [0.2, 0.25) is 0 Å². The largest absolute Gasteiger partial charge is 0.310 e. The minimum Gasteiger partial charge on any atom is -0.310 e. The monoisotopic (exact) mass is 246 g/mol. The molecule has 0 saturated heterocycles. The Hall–Kier alpha value is -1.16. The summed E-state index contributed by atoms with van der Waals surface area (Å²) < 4.78 is 0. The molecule has 2 aliphatic carbocycles. The summed E-state index contributed by atoms with van der Waals surface area (Å²) in [6, 6.07) is 0. The van der Waals surface area contributed by atoms with Gasteiger partial charge in [0.1, 0.15) is 10.7 Å². The molecule has 2 aliphatic rings. The van der Waals surface area contributed by atoms with Gasteiger partial charge >= 0.3 is 0 Å². The van der Waals surface area contributed by atoms with E-state index in [2.05, 4.69) is 15.3 Å². The first kappa shape index (κ1) is 9.83. The minimum absolute atomic E-state index is 0.0776. The lowest BCUT2D eigenvalue weighted by molar-refractivity contribution is 0.772. The molecular formula is C13H14N2OS. The summed E-state index contributed by atoms with van der Waals surface area (Å²) in [5.74, 6) is 2.27. The van der Waals surface area contributed by atoms with Crippen molar-refractivity contribution in [1.82, 2.24) is 9.97 Å². The van der Waals surface area contributed by atoms with Crippen LogP contribution in [0.5, 0.6) is 0 Å². The molecule has 0 radical (unpaired) electrons. The van der Waals surface area contributed by atoms with Crippen LogP contribution in [0.2, 0.25) is 0 Å². The maximum atomic E-state index is 12.1. The Labute approximate surface area is 103 Å². The number of aromatic nitrogens is 2. The second-order valence-electron chi connectivity index (χ2n) is 5.31. The van der Waals surface area contributed by atoms with E-state index in [9.17, 15) is 4.79 Å². The van der Waals surface area contributed by atoms with Gasteiger partial charge in [-0.05, 0) is 48.5 Å². The third-order valence-corrected chi connectivity index (χ3v) is 4.61. The first-order chi connectivity index (χ1) is 8.31. The van der Waals surface area contributed by atoms with Gasteiger partial charge in [-0.2, -0.15) is 0 Å². The molecule has 0 bridgehead atoms. The second-order valence-corrected chi connectivity index (χ2v) is 6.16. The number of hydrogen-bond acceptors (Lipinski definition) is 3. The highest BCUT2D eigenvalue weighted by Crippen LogP contribution is 2.44. The third-order valence-electron chi connectivity index (χ3n) is 3.72. The standard InChI is InChI=1S/C13H14N2OS/c16-12-11-9(8-3-4-8)6-17-13(11)15-10(14-12)5-7-1-2-7/h6-8H,1-5H2,(H,14,15,16). The van der Waals surface area contributed by atoms with E-state index in [4.69, 9.17) is 0 Å². The molecule has 2 aromatic heterocycles. The van der Waals surface area contributed by atoms with E-state index in [1.165, 1.54) is 31.2 Å². The van der Waals surface area contributed by atoms with E-state index in [-0.39, 0.29) is 5.56 Å². The summed E-state index contributed by atoms with van der Waals surface area (Å²) in [5.41, 5.74) is 1.31. The van der Waals surface area contributed by atoms with Crippen LogP contribution in [-0.4, -0.2) is 9.97 Å². The predicted molar refractivity (Wildman–Crippen MR) is 68.6 cm³/mol. The number of fused-ring (bicyclic) bond motifs is 1. The molecule has 0 spiro atoms. The topological polar surface area (TPSA) is 45.8 Å². The van der Waals surface area contributed by atoms with Crippen LogP contribution in [0.25, 0.3) is 10.2 Å². The number of hydrogen-bond donors (Lipinski definition) is 1. The molecule has 4 rings (SSSR count). The van der Waals surface area contributed by atoms with E-state index < -0.39 is 0 Å². The minimum atomic E-state index is 0.0776.